The van der Waals surface area contributed by atoms with Crippen LogP contribution in [0.25, 0.3) is 0 Å². The van der Waals surface area contributed by atoms with Gasteiger partial charge >= 0.3 is 0 Å². The number of pyridine rings is 1. The standard InChI is InChI=1S/C13H10BrFN2O3S/c1-21(19,20)9-3-4-10(15)12(6-9)17-13(18)11-5-2-8(14)7-16-11/h2-7H,1H3,(H,17,18). The second-order valence-corrected chi connectivity index (χ2v) is 7.16. The molecule has 0 saturated carbocycles. The summed E-state index contributed by atoms with van der Waals surface area (Å²) in [5, 5.41) is 2.30. The maximum absolute atomic E-state index is 13.7. The third kappa shape index (κ3) is 3.85. The van der Waals surface area contributed by atoms with Crippen molar-refractivity contribution in [3.8, 4) is 0 Å². The molecule has 0 aliphatic heterocycles. The maximum atomic E-state index is 13.7. The van der Waals surface area contributed by atoms with Gasteiger partial charge in [0, 0.05) is 16.9 Å². The predicted octanol–water partition coefficient (Wildman–Crippen LogP) is 2.64. The number of sulfone groups is 1. The van der Waals surface area contributed by atoms with Crippen molar-refractivity contribution in [3.63, 3.8) is 0 Å². The van der Waals surface area contributed by atoms with E-state index < -0.39 is 21.6 Å². The smallest absolute Gasteiger partial charge is 0.274 e. The third-order valence-electron chi connectivity index (χ3n) is 2.57. The molecular weight excluding hydrogens is 363 g/mol. The number of anilines is 1. The summed E-state index contributed by atoms with van der Waals surface area (Å²) in [6.07, 6.45) is 2.43. The minimum absolute atomic E-state index is 0.0806. The van der Waals surface area contributed by atoms with Gasteiger partial charge in [-0.05, 0) is 46.3 Å². The van der Waals surface area contributed by atoms with Crippen molar-refractivity contribution in [1.29, 1.82) is 0 Å². The lowest BCUT2D eigenvalue weighted by molar-refractivity contribution is 0.102. The van der Waals surface area contributed by atoms with Gasteiger partial charge in [0.25, 0.3) is 5.91 Å². The average molecular weight is 373 g/mol. The fourth-order valence-corrected chi connectivity index (χ4v) is 2.41. The van der Waals surface area contributed by atoms with Crippen molar-refractivity contribution >= 4 is 37.4 Å². The van der Waals surface area contributed by atoms with E-state index in [1.165, 1.54) is 12.3 Å². The SMILES string of the molecule is CS(=O)(=O)c1ccc(F)c(NC(=O)c2ccc(Br)cn2)c1. The fourth-order valence-electron chi connectivity index (χ4n) is 1.53. The number of carbonyl (C=O) groups is 1. The van der Waals surface area contributed by atoms with Crippen molar-refractivity contribution in [1.82, 2.24) is 4.98 Å². The number of nitrogens with zero attached hydrogens (tertiary/aromatic N) is 1. The van der Waals surface area contributed by atoms with Gasteiger partial charge in [-0.25, -0.2) is 17.8 Å². The summed E-state index contributed by atoms with van der Waals surface area (Å²) in [5.74, 6) is -1.36. The molecule has 0 radical (unpaired) electrons. The molecule has 2 aromatic rings. The van der Waals surface area contributed by atoms with Gasteiger partial charge in [-0.1, -0.05) is 0 Å². The number of benzene rings is 1. The summed E-state index contributed by atoms with van der Waals surface area (Å²) in [6, 6.07) is 6.27. The Balaban J connectivity index is 2.31. The first kappa shape index (κ1) is 15.6. The minimum Gasteiger partial charge on any atom is -0.318 e. The molecule has 110 valence electrons. The van der Waals surface area contributed by atoms with Crippen LogP contribution in [-0.4, -0.2) is 25.6 Å². The topological polar surface area (TPSA) is 76.1 Å². The Hall–Kier alpha value is -1.80. The molecule has 5 nitrogen and oxygen atoms in total. The number of amides is 1. The van der Waals surface area contributed by atoms with Crippen LogP contribution in [0.2, 0.25) is 0 Å². The van der Waals surface area contributed by atoms with Crippen molar-refractivity contribution < 1.29 is 17.6 Å². The van der Waals surface area contributed by atoms with Crippen LogP contribution in [-0.2, 0) is 9.84 Å². The van der Waals surface area contributed by atoms with Crippen LogP contribution >= 0.6 is 15.9 Å². The molecule has 21 heavy (non-hydrogen) atoms. The van der Waals surface area contributed by atoms with Crippen molar-refractivity contribution in [2.75, 3.05) is 11.6 Å². The normalized spacial score (nSPS) is 11.2. The van der Waals surface area contributed by atoms with Crippen LogP contribution in [0.3, 0.4) is 0 Å². The highest BCUT2D eigenvalue weighted by Crippen LogP contribution is 2.20. The minimum atomic E-state index is -3.49. The first-order valence-corrected chi connectivity index (χ1v) is 8.38. The van der Waals surface area contributed by atoms with Gasteiger partial charge in [0.2, 0.25) is 0 Å². The molecule has 1 aromatic carbocycles. The monoisotopic (exact) mass is 372 g/mol. The van der Waals surface area contributed by atoms with Gasteiger partial charge in [0.1, 0.15) is 11.5 Å². The van der Waals surface area contributed by atoms with E-state index in [9.17, 15) is 17.6 Å². The molecule has 0 saturated heterocycles. The number of hydrogen-bond acceptors (Lipinski definition) is 4. The highest BCUT2D eigenvalue weighted by atomic mass is 79.9. The van der Waals surface area contributed by atoms with Crippen LogP contribution in [0.5, 0.6) is 0 Å². The van der Waals surface area contributed by atoms with Crippen molar-refractivity contribution in [2.24, 2.45) is 0 Å². The lowest BCUT2D eigenvalue weighted by Crippen LogP contribution is -2.15. The summed E-state index contributed by atoms with van der Waals surface area (Å²) in [5.41, 5.74) is -0.130. The maximum Gasteiger partial charge on any atom is 0.274 e. The molecule has 8 heteroatoms. The first-order valence-electron chi connectivity index (χ1n) is 5.70. The van der Waals surface area contributed by atoms with Crippen molar-refractivity contribution in [2.45, 2.75) is 4.90 Å². The highest BCUT2D eigenvalue weighted by Gasteiger charge is 2.14. The molecular formula is C13H10BrFN2O3S. The quantitative estimate of drug-likeness (QED) is 0.840. The van der Waals surface area contributed by atoms with Gasteiger partial charge < -0.3 is 5.32 Å². The lowest BCUT2D eigenvalue weighted by Gasteiger charge is -2.08. The number of halogens is 2. The lowest BCUT2D eigenvalue weighted by atomic mass is 10.3. The highest BCUT2D eigenvalue weighted by molar-refractivity contribution is 9.10. The summed E-state index contributed by atoms with van der Waals surface area (Å²) >= 11 is 3.18. The van der Waals surface area contributed by atoms with E-state index in [0.29, 0.717) is 4.47 Å². The van der Waals surface area contributed by atoms with E-state index in [2.05, 4.69) is 26.2 Å². The predicted molar refractivity (Wildman–Crippen MR) is 79.4 cm³/mol. The number of rotatable bonds is 3. The third-order valence-corrected chi connectivity index (χ3v) is 4.15. The molecule has 1 amide bonds. The van der Waals surface area contributed by atoms with Gasteiger partial charge in [-0.3, -0.25) is 4.79 Å². The Morgan fingerprint density at radius 1 is 1.29 bits per heavy atom. The molecule has 2 rings (SSSR count). The zero-order chi connectivity index (χ0) is 15.6. The summed E-state index contributed by atoms with van der Waals surface area (Å²) in [7, 11) is -3.49. The summed E-state index contributed by atoms with van der Waals surface area (Å²) in [4.78, 5) is 15.7. The van der Waals surface area contributed by atoms with Crippen LogP contribution in [0.15, 0.2) is 45.9 Å². The van der Waals surface area contributed by atoms with Crippen LogP contribution in [0.4, 0.5) is 10.1 Å². The number of nitrogens with one attached hydrogen (secondary N) is 1. The average Bonchev–Trinajstić information content (AvgIpc) is 2.40. The van der Waals surface area contributed by atoms with E-state index >= 15 is 0 Å². The number of carbonyl (C=O) groups excluding carboxylic acids is 1. The second kappa shape index (κ2) is 5.90. The van der Waals surface area contributed by atoms with Gasteiger partial charge in [-0.15, -0.1) is 0 Å². The van der Waals surface area contributed by atoms with E-state index in [4.69, 9.17) is 0 Å². The van der Waals surface area contributed by atoms with E-state index in [0.717, 1.165) is 24.5 Å². The Kier molecular flexibility index (Phi) is 4.38. The number of aromatic nitrogens is 1. The van der Waals surface area contributed by atoms with Crippen LogP contribution < -0.4 is 5.32 Å². The fraction of sp³-hybridized carbons (Fsp3) is 0.0769. The summed E-state index contributed by atoms with van der Waals surface area (Å²) < 4.78 is 37.2. The molecule has 0 atom stereocenters. The molecule has 1 heterocycles. The molecule has 0 spiro atoms. The molecule has 0 bridgehead atoms. The zero-order valence-electron chi connectivity index (χ0n) is 10.8. The number of hydrogen-bond donors (Lipinski definition) is 1. The van der Waals surface area contributed by atoms with E-state index in [1.807, 2.05) is 0 Å². The first-order chi connectivity index (χ1) is 9.77. The molecule has 0 aliphatic rings. The van der Waals surface area contributed by atoms with Crippen LogP contribution in [0, 0.1) is 5.82 Å². The Morgan fingerprint density at radius 3 is 2.57 bits per heavy atom. The largest absolute Gasteiger partial charge is 0.318 e. The molecule has 1 aromatic heterocycles. The van der Waals surface area contributed by atoms with Gasteiger partial charge in [0.05, 0.1) is 10.6 Å². The summed E-state index contributed by atoms with van der Waals surface area (Å²) in [6.45, 7) is 0. The Bertz CT molecular complexity index is 792. The Labute approximate surface area is 129 Å². The van der Waals surface area contributed by atoms with E-state index in [1.54, 1.807) is 6.07 Å². The molecule has 0 fully saturated rings. The van der Waals surface area contributed by atoms with E-state index in [-0.39, 0.29) is 16.3 Å². The molecule has 0 unspecified atom stereocenters. The second-order valence-electron chi connectivity index (χ2n) is 4.23. The van der Waals surface area contributed by atoms with Crippen molar-refractivity contribution in [3.05, 3.63) is 52.5 Å². The molecule has 1 N–H and O–H groups in total. The molecule has 0 aliphatic carbocycles. The Morgan fingerprint density at radius 2 is 2.00 bits per heavy atom. The van der Waals surface area contributed by atoms with Gasteiger partial charge in [0.15, 0.2) is 9.84 Å². The zero-order valence-corrected chi connectivity index (χ0v) is 13.2. The van der Waals surface area contributed by atoms with Crippen LogP contribution in [0.1, 0.15) is 10.5 Å². The van der Waals surface area contributed by atoms with Gasteiger partial charge in [-0.2, -0.15) is 0 Å².